The van der Waals surface area contributed by atoms with Gasteiger partial charge in [-0.1, -0.05) is 50.1 Å². The molecule has 6 nitrogen and oxygen atoms in total. The van der Waals surface area contributed by atoms with Crippen LogP contribution in [0.5, 0.6) is 0 Å². The van der Waals surface area contributed by atoms with Gasteiger partial charge in [0.05, 0.1) is 0 Å². The molecule has 0 fully saturated rings. The molecule has 0 aliphatic heterocycles. The molecule has 1 aromatic rings. The van der Waals surface area contributed by atoms with E-state index in [1.165, 1.54) is 0 Å². The lowest BCUT2D eigenvalue weighted by Gasteiger charge is -2.19. The molecule has 0 heterocycles. The Kier molecular flexibility index (Phi) is 6.71. The van der Waals surface area contributed by atoms with Crippen LogP contribution in [0.1, 0.15) is 31.7 Å². The van der Waals surface area contributed by atoms with Gasteiger partial charge in [-0.2, -0.15) is 0 Å². The van der Waals surface area contributed by atoms with Crippen molar-refractivity contribution in [2.45, 2.75) is 38.6 Å². The summed E-state index contributed by atoms with van der Waals surface area (Å²) in [5.74, 6) is -1.19. The molecule has 0 saturated carbocycles. The van der Waals surface area contributed by atoms with Crippen molar-refractivity contribution in [3.63, 3.8) is 0 Å². The molecule has 0 aliphatic rings. The van der Waals surface area contributed by atoms with Gasteiger partial charge in [0, 0.05) is 0 Å². The highest BCUT2D eigenvalue weighted by Crippen LogP contribution is 2.42. The highest BCUT2D eigenvalue weighted by molar-refractivity contribution is 7.52. The number of hydrogen-bond donors (Lipinski definition) is 3. The third-order valence-electron chi connectivity index (χ3n) is 2.73. The van der Waals surface area contributed by atoms with Gasteiger partial charge in [0.1, 0.15) is 12.4 Å². The number of carbonyl (C=O) groups excluding carboxylic acids is 1. The van der Waals surface area contributed by atoms with Gasteiger partial charge >= 0.3 is 13.7 Å². The van der Waals surface area contributed by atoms with Crippen molar-refractivity contribution in [1.82, 2.24) is 5.32 Å². The second-order valence-corrected chi connectivity index (χ2v) is 6.25. The molecule has 7 heteroatoms. The lowest BCUT2D eigenvalue weighted by molar-refractivity contribution is 0.136. The molecule has 0 aliphatic carbocycles. The van der Waals surface area contributed by atoms with E-state index in [0.29, 0.717) is 6.42 Å². The summed E-state index contributed by atoms with van der Waals surface area (Å²) in [5.41, 5.74) is 0.809. The van der Waals surface area contributed by atoms with E-state index in [9.17, 15) is 19.1 Å². The zero-order valence-corrected chi connectivity index (χ0v) is 12.3. The maximum Gasteiger partial charge on any atom is 0.408 e. The lowest BCUT2D eigenvalue weighted by Crippen LogP contribution is -2.35. The average Bonchev–Trinajstić information content (AvgIpc) is 2.41. The Balaban J connectivity index is 2.47. The Hall–Kier alpha value is -1.36. The molecular weight excluding hydrogens is 281 g/mol. The number of rotatable bonds is 7. The number of amides is 1. The molecule has 1 unspecified atom stereocenters. The zero-order valence-electron chi connectivity index (χ0n) is 11.4. The van der Waals surface area contributed by atoms with Crippen molar-refractivity contribution in [3.05, 3.63) is 35.9 Å². The van der Waals surface area contributed by atoms with Gasteiger partial charge in [0.15, 0.2) is 0 Å². The summed E-state index contributed by atoms with van der Waals surface area (Å²) < 4.78 is 16.2. The second-order valence-electron chi connectivity index (χ2n) is 4.45. The lowest BCUT2D eigenvalue weighted by atomic mass is 10.2. The monoisotopic (exact) mass is 301 g/mol. The van der Waals surface area contributed by atoms with E-state index in [1.54, 1.807) is 12.1 Å². The fourth-order valence-corrected chi connectivity index (χ4v) is 2.42. The Morgan fingerprint density at radius 2 is 2.00 bits per heavy atom. The zero-order chi connectivity index (χ0) is 15.0. The van der Waals surface area contributed by atoms with Crippen molar-refractivity contribution in [1.29, 1.82) is 0 Å². The van der Waals surface area contributed by atoms with Crippen LogP contribution in [0.3, 0.4) is 0 Å². The van der Waals surface area contributed by atoms with Crippen LogP contribution < -0.4 is 5.32 Å². The molecule has 1 amide bonds. The number of carbonyl (C=O) groups is 1. The van der Waals surface area contributed by atoms with Gasteiger partial charge in [-0.15, -0.1) is 0 Å². The van der Waals surface area contributed by atoms with Gasteiger partial charge in [-0.05, 0) is 12.0 Å². The molecule has 1 atom stereocenters. The summed E-state index contributed by atoms with van der Waals surface area (Å²) in [7, 11) is -4.37. The van der Waals surface area contributed by atoms with E-state index < -0.39 is 19.5 Å². The third-order valence-corrected chi connectivity index (χ3v) is 3.93. The standard InChI is InChI=1S/C13H20NO5P/c1-2-3-9-12(20(16,17)18)14-13(15)19-10-11-7-5-4-6-8-11/h4-8,12H,2-3,9-10H2,1H3,(H,14,15)(H2,16,17,18). The molecule has 0 radical (unpaired) electrons. The number of unbranched alkanes of at least 4 members (excludes halogenated alkanes) is 1. The van der Waals surface area contributed by atoms with Crippen LogP contribution >= 0.6 is 7.60 Å². The molecule has 1 aromatic carbocycles. The minimum Gasteiger partial charge on any atom is -0.445 e. The van der Waals surface area contributed by atoms with Crippen molar-refractivity contribution in [3.8, 4) is 0 Å². The predicted molar refractivity (Wildman–Crippen MR) is 75.1 cm³/mol. The molecule has 0 aromatic heterocycles. The molecule has 20 heavy (non-hydrogen) atoms. The van der Waals surface area contributed by atoms with Crippen LogP contribution in [0.25, 0.3) is 0 Å². The minimum absolute atomic E-state index is 0.0638. The van der Waals surface area contributed by atoms with Crippen molar-refractivity contribution in [2.75, 3.05) is 0 Å². The number of ether oxygens (including phenoxy) is 1. The maximum atomic E-state index is 11.6. The maximum absolute atomic E-state index is 11.6. The fraction of sp³-hybridized carbons (Fsp3) is 0.462. The van der Waals surface area contributed by atoms with Gasteiger partial charge < -0.3 is 19.8 Å². The highest BCUT2D eigenvalue weighted by Gasteiger charge is 2.30. The van der Waals surface area contributed by atoms with Crippen molar-refractivity contribution >= 4 is 13.7 Å². The normalized spacial score (nSPS) is 12.8. The summed E-state index contributed by atoms with van der Waals surface area (Å²) in [4.78, 5) is 29.9. The van der Waals surface area contributed by atoms with Crippen LogP contribution in [0.2, 0.25) is 0 Å². The van der Waals surface area contributed by atoms with E-state index in [-0.39, 0.29) is 13.0 Å². The predicted octanol–water partition coefficient (Wildman–Crippen LogP) is 2.61. The molecular formula is C13H20NO5P. The molecule has 0 bridgehead atoms. The first kappa shape index (κ1) is 16.7. The average molecular weight is 301 g/mol. The second kappa shape index (κ2) is 8.04. The van der Waals surface area contributed by atoms with Crippen molar-refractivity contribution in [2.24, 2.45) is 0 Å². The topological polar surface area (TPSA) is 95.9 Å². The number of benzene rings is 1. The number of nitrogens with one attached hydrogen (secondary N) is 1. The van der Waals surface area contributed by atoms with Gasteiger partial charge in [-0.25, -0.2) is 4.79 Å². The van der Waals surface area contributed by atoms with Gasteiger partial charge in [0.25, 0.3) is 0 Å². The van der Waals surface area contributed by atoms with Crippen LogP contribution in [0.15, 0.2) is 30.3 Å². The van der Waals surface area contributed by atoms with E-state index in [1.807, 2.05) is 25.1 Å². The molecule has 1 rings (SSSR count). The highest BCUT2D eigenvalue weighted by atomic mass is 31.2. The van der Waals surface area contributed by atoms with Crippen LogP contribution in [0.4, 0.5) is 4.79 Å². The first-order valence-electron chi connectivity index (χ1n) is 6.46. The Bertz CT molecular complexity index is 459. The Labute approximate surface area is 118 Å². The first-order chi connectivity index (χ1) is 9.43. The quantitative estimate of drug-likeness (QED) is 0.673. The first-order valence-corrected chi connectivity index (χ1v) is 8.14. The van der Waals surface area contributed by atoms with E-state index in [0.717, 1.165) is 12.0 Å². The van der Waals surface area contributed by atoms with Crippen LogP contribution in [-0.4, -0.2) is 21.7 Å². The summed E-state index contributed by atoms with van der Waals surface area (Å²) in [6.45, 7) is 1.97. The molecule has 0 saturated heterocycles. The summed E-state index contributed by atoms with van der Waals surface area (Å²) >= 11 is 0. The SMILES string of the molecule is CCCCC(NC(=O)OCc1ccccc1)P(=O)(O)O. The summed E-state index contributed by atoms with van der Waals surface area (Å²) in [6.07, 6.45) is 0.811. The molecule has 3 N–H and O–H groups in total. The summed E-state index contributed by atoms with van der Waals surface area (Å²) in [6, 6.07) is 9.07. The minimum atomic E-state index is -4.37. The largest absolute Gasteiger partial charge is 0.445 e. The van der Waals surface area contributed by atoms with Crippen LogP contribution in [-0.2, 0) is 15.9 Å². The third kappa shape index (κ3) is 6.19. The smallest absolute Gasteiger partial charge is 0.408 e. The van der Waals surface area contributed by atoms with Gasteiger partial charge in [-0.3, -0.25) is 4.57 Å². The number of alkyl carbamates (subject to hydrolysis) is 1. The number of hydrogen-bond acceptors (Lipinski definition) is 3. The molecule has 112 valence electrons. The summed E-state index contributed by atoms with van der Waals surface area (Å²) in [5, 5.41) is 2.24. The van der Waals surface area contributed by atoms with Gasteiger partial charge in [0.2, 0.25) is 0 Å². The van der Waals surface area contributed by atoms with Crippen LogP contribution in [0, 0.1) is 0 Å². The van der Waals surface area contributed by atoms with Crippen molar-refractivity contribution < 1.29 is 23.9 Å². The van der Waals surface area contributed by atoms with E-state index in [4.69, 9.17) is 4.74 Å². The fourth-order valence-electron chi connectivity index (χ4n) is 1.62. The Morgan fingerprint density at radius 1 is 1.35 bits per heavy atom. The Morgan fingerprint density at radius 3 is 2.55 bits per heavy atom. The van der Waals surface area contributed by atoms with E-state index >= 15 is 0 Å². The van der Waals surface area contributed by atoms with E-state index in [2.05, 4.69) is 5.32 Å². The molecule has 0 spiro atoms.